The van der Waals surface area contributed by atoms with Crippen molar-refractivity contribution in [2.45, 2.75) is 26.6 Å². The standard InChI is InChI=1S/C3H8O2.C2H7N/c1-2-3(4)5;1-2-3/h3-5H,2H2,1H3;2-3H2,1H3. The van der Waals surface area contributed by atoms with Crippen molar-refractivity contribution < 1.29 is 10.2 Å². The zero-order valence-corrected chi connectivity index (χ0v) is 5.46. The summed E-state index contributed by atoms with van der Waals surface area (Å²) in [6.45, 7) is 4.35. The van der Waals surface area contributed by atoms with Crippen LogP contribution in [0.3, 0.4) is 0 Å². The van der Waals surface area contributed by atoms with E-state index in [0.717, 1.165) is 6.54 Å². The third-order valence-corrected chi connectivity index (χ3v) is 0.365. The molecule has 52 valence electrons. The molecule has 8 heavy (non-hydrogen) atoms. The van der Waals surface area contributed by atoms with Gasteiger partial charge in [-0.2, -0.15) is 0 Å². The van der Waals surface area contributed by atoms with E-state index in [1.54, 1.807) is 6.92 Å². The number of aliphatic hydroxyl groups excluding tert-OH is 1. The molecular formula is C5H15NO2. The van der Waals surface area contributed by atoms with E-state index in [1.165, 1.54) is 0 Å². The van der Waals surface area contributed by atoms with Crippen molar-refractivity contribution in [2.24, 2.45) is 5.73 Å². The minimum absolute atomic E-state index is 0.417. The van der Waals surface area contributed by atoms with Gasteiger partial charge in [-0.05, 0) is 13.0 Å². The number of rotatable bonds is 1. The van der Waals surface area contributed by atoms with Crippen LogP contribution in [0.15, 0.2) is 0 Å². The van der Waals surface area contributed by atoms with Crippen molar-refractivity contribution in [1.29, 1.82) is 0 Å². The summed E-state index contributed by atoms with van der Waals surface area (Å²) in [5.74, 6) is 0. The maximum Gasteiger partial charge on any atom is 0.151 e. The molecule has 0 unspecified atom stereocenters. The van der Waals surface area contributed by atoms with E-state index in [2.05, 4.69) is 0 Å². The molecule has 0 aliphatic rings. The Labute approximate surface area is 50.1 Å². The molecular weight excluding hydrogens is 106 g/mol. The van der Waals surface area contributed by atoms with E-state index in [9.17, 15) is 0 Å². The van der Waals surface area contributed by atoms with Gasteiger partial charge in [0.15, 0.2) is 6.29 Å². The third kappa shape index (κ3) is 39.6. The summed E-state index contributed by atoms with van der Waals surface area (Å²) < 4.78 is 0. The first-order chi connectivity index (χ1) is 3.68. The Morgan fingerprint density at radius 3 is 1.50 bits per heavy atom. The van der Waals surface area contributed by atoms with Crippen LogP contribution in [0.4, 0.5) is 0 Å². The van der Waals surface area contributed by atoms with Crippen LogP contribution in [0.25, 0.3) is 0 Å². The summed E-state index contributed by atoms with van der Waals surface area (Å²) in [5.41, 5.74) is 4.85. The molecule has 0 rings (SSSR count). The van der Waals surface area contributed by atoms with Crippen LogP contribution in [-0.4, -0.2) is 23.0 Å². The lowest BCUT2D eigenvalue weighted by Gasteiger charge is -1.90. The highest BCUT2D eigenvalue weighted by molar-refractivity contribution is 4.21. The van der Waals surface area contributed by atoms with Gasteiger partial charge < -0.3 is 15.9 Å². The Morgan fingerprint density at radius 2 is 1.50 bits per heavy atom. The minimum atomic E-state index is -1.12. The summed E-state index contributed by atoms with van der Waals surface area (Å²) >= 11 is 0. The maximum absolute atomic E-state index is 7.92. The molecule has 0 atom stereocenters. The zero-order chi connectivity index (χ0) is 6.99. The second-order valence-corrected chi connectivity index (χ2v) is 1.30. The van der Waals surface area contributed by atoms with Gasteiger partial charge in [0, 0.05) is 0 Å². The smallest absolute Gasteiger partial charge is 0.151 e. The van der Waals surface area contributed by atoms with Crippen LogP contribution < -0.4 is 5.73 Å². The predicted octanol–water partition coefficient (Wildman–Crippen LogP) is -0.328. The average molecular weight is 121 g/mol. The molecule has 0 aromatic carbocycles. The molecule has 0 spiro atoms. The first-order valence-corrected chi connectivity index (χ1v) is 2.75. The Hall–Kier alpha value is -0.120. The number of aliphatic hydroxyl groups is 2. The number of hydrogen-bond acceptors (Lipinski definition) is 3. The van der Waals surface area contributed by atoms with Crippen LogP contribution in [0.5, 0.6) is 0 Å². The summed E-state index contributed by atoms with van der Waals surface area (Å²) in [5, 5.41) is 15.8. The molecule has 3 heteroatoms. The SMILES string of the molecule is CCC(O)O.CCN. The number of hydrogen-bond donors (Lipinski definition) is 3. The highest BCUT2D eigenvalue weighted by atomic mass is 16.5. The van der Waals surface area contributed by atoms with Crippen LogP contribution in [0.2, 0.25) is 0 Å². The van der Waals surface area contributed by atoms with Crippen molar-refractivity contribution in [3.05, 3.63) is 0 Å². The molecule has 0 bridgehead atoms. The number of nitrogens with two attached hydrogens (primary N) is 1. The zero-order valence-electron chi connectivity index (χ0n) is 5.46. The monoisotopic (exact) mass is 121 g/mol. The fourth-order valence-corrected chi connectivity index (χ4v) is 0. The van der Waals surface area contributed by atoms with Gasteiger partial charge in [0.05, 0.1) is 0 Å². The van der Waals surface area contributed by atoms with E-state index in [-0.39, 0.29) is 0 Å². The van der Waals surface area contributed by atoms with E-state index < -0.39 is 6.29 Å². The van der Waals surface area contributed by atoms with Crippen LogP contribution in [-0.2, 0) is 0 Å². The summed E-state index contributed by atoms with van der Waals surface area (Å²) in [6, 6.07) is 0. The normalized spacial score (nSPS) is 8.25. The van der Waals surface area contributed by atoms with Gasteiger partial charge in [0.1, 0.15) is 0 Å². The first kappa shape index (κ1) is 10.8. The molecule has 0 aromatic heterocycles. The summed E-state index contributed by atoms with van der Waals surface area (Å²) in [6.07, 6.45) is -0.699. The Bertz CT molecular complexity index is 31.6. The Morgan fingerprint density at radius 1 is 1.38 bits per heavy atom. The molecule has 0 fully saturated rings. The third-order valence-electron chi connectivity index (χ3n) is 0.365. The fourth-order valence-electron chi connectivity index (χ4n) is 0. The molecule has 3 nitrogen and oxygen atoms in total. The Kier molecular flexibility index (Phi) is 13.5. The first-order valence-electron chi connectivity index (χ1n) is 2.75. The van der Waals surface area contributed by atoms with E-state index in [4.69, 9.17) is 15.9 Å². The second-order valence-electron chi connectivity index (χ2n) is 1.30. The van der Waals surface area contributed by atoms with Gasteiger partial charge >= 0.3 is 0 Å². The highest BCUT2D eigenvalue weighted by Gasteiger charge is 1.83. The average Bonchev–Trinajstić information content (AvgIpc) is 1.69. The molecule has 0 aliphatic carbocycles. The Balaban J connectivity index is 0. The molecule has 0 heterocycles. The fraction of sp³-hybridized carbons (Fsp3) is 1.00. The lowest BCUT2D eigenvalue weighted by atomic mass is 10.5. The molecule has 0 saturated carbocycles. The molecule has 0 saturated heterocycles. The van der Waals surface area contributed by atoms with Crippen molar-refractivity contribution in [2.75, 3.05) is 6.54 Å². The van der Waals surface area contributed by atoms with Crippen LogP contribution in [0.1, 0.15) is 20.3 Å². The van der Waals surface area contributed by atoms with Crippen molar-refractivity contribution in [3.63, 3.8) is 0 Å². The van der Waals surface area contributed by atoms with Gasteiger partial charge in [0.2, 0.25) is 0 Å². The predicted molar refractivity (Wildman–Crippen MR) is 33.2 cm³/mol. The lowest BCUT2D eigenvalue weighted by Crippen LogP contribution is -1.99. The molecule has 0 radical (unpaired) electrons. The van der Waals surface area contributed by atoms with E-state index in [1.807, 2.05) is 6.92 Å². The summed E-state index contributed by atoms with van der Waals surface area (Å²) in [4.78, 5) is 0. The quantitative estimate of drug-likeness (QED) is 0.416. The molecule has 0 aliphatic heterocycles. The van der Waals surface area contributed by atoms with Crippen molar-refractivity contribution in [1.82, 2.24) is 0 Å². The lowest BCUT2D eigenvalue weighted by molar-refractivity contribution is -0.0413. The van der Waals surface area contributed by atoms with Crippen LogP contribution >= 0.6 is 0 Å². The minimum Gasteiger partial charge on any atom is -0.368 e. The van der Waals surface area contributed by atoms with Gasteiger partial charge in [-0.3, -0.25) is 0 Å². The summed E-state index contributed by atoms with van der Waals surface area (Å²) in [7, 11) is 0. The molecule has 0 amide bonds. The van der Waals surface area contributed by atoms with Gasteiger partial charge in [-0.1, -0.05) is 13.8 Å². The van der Waals surface area contributed by atoms with Crippen LogP contribution in [0, 0.1) is 0 Å². The molecule has 4 N–H and O–H groups in total. The largest absolute Gasteiger partial charge is 0.368 e. The van der Waals surface area contributed by atoms with Crippen molar-refractivity contribution >= 4 is 0 Å². The van der Waals surface area contributed by atoms with Gasteiger partial charge in [-0.15, -0.1) is 0 Å². The van der Waals surface area contributed by atoms with E-state index in [0.29, 0.717) is 6.42 Å². The van der Waals surface area contributed by atoms with Gasteiger partial charge in [-0.25, -0.2) is 0 Å². The topological polar surface area (TPSA) is 66.5 Å². The van der Waals surface area contributed by atoms with E-state index >= 15 is 0 Å². The maximum atomic E-state index is 7.92. The second kappa shape index (κ2) is 9.99. The van der Waals surface area contributed by atoms with Gasteiger partial charge in [0.25, 0.3) is 0 Å². The highest BCUT2D eigenvalue weighted by Crippen LogP contribution is 1.77. The molecule has 0 aromatic rings. The van der Waals surface area contributed by atoms with Crippen molar-refractivity contribution in [3.8, 4) is 0 Å².